The van der Waals surface area contributed by atoms with Crippen LogP contribution < -0.4 is 5.32 Å². The quantitative estimate of drug-likeness (QED) is 0.869. The van der Waals surface area contributed by atoms with Crippen molar-refractivity contribution in [2.45, 2.75) is 6.54 Å². The molecular formula is C13H11Cl2NO. The van der Waals surface area contributed by atoms with Gasteiger partial charge >= 0.3 is 0 Å². The highest BCUT2D eigenvalue weighted by atomic mass is 35.5. The topological polar surface area (TPSA) is 32.3 Å². The van der Waals surface area contributed by atoms with E-state index in [2.05, 4.69) is 5.32 Å². The summed E-state index contributed by atoms with van der Waals surface area (Å²) in [6.07, 6.45) is 0. The first-order valence-corrected chi connectivity index (χ1v) is 5.88. The van der Waals surface area contributed by atoms with Crippen LogP contribution in [-0.2, 0) is 6.54 Å². The number of aromatic hydroxyl groups is 1. The van der Waals surface area contributed by atoms with Crippen LogP contribution in [0.4, 0.5) is 5.69 Å². The van der Waals surface area contributed by atoms with Crippen molar-refractivity contribution >= 4 is 28.9 Å². The molecule has 0 saturated heterocycles. The highest BCUT2D eigenvalue weighted by molar-refractivity contribution is 6.39. The van der Waals surface area contributed by atoms with E-state index in [-0.39, 0.29) is 5.75 Å². The van der Waals surface area contributed by atoms with Gasteiger partial charge in [-0.15, -0.1) is 0 Å². The molecule has 2 aromatic carbocycles. The fraction of sp³-hybridized carbons (Fsp3) is 0.0769. The largest absolute Gasteiger partial charge is 0.508 e. The average Bonchev–Trinajstić information content (AvgIpc) is 2.28. The molecular weight excluding hydrogens is 257 g/mol. The summed E-state index contributed by atoms with van der Waals surface area (Å²) in [5.41, 5.74) is 1.67. The van der Waals surface area contributed by atoms with E-state index in [0.717, 1.165) is 5.56 Å². The number of nitrogens with one attached hydrogen (secondary N) is 1. The molecule has 4 heteroatoms. The van der Waals surface area contributed by atoms with Crippen molar-refractivity contribution < 1.29 is 5.11 Å². The molecule has 88 valence electrons. The fourth-order valence-electron chi connectivity index (χ4n) is 1.52. The Kier molecular flexibility index (Phi) is 3.77. The first kappa shape index (κ1) is 12.1. The highest BCUT2D eigenvalue weighted by Crippen LogP contribution is 2.30. The molecule has 0 unspecified atom stereocenters. The van der Waals surface area contributed by atoms with Gasteiger partial charge in [0.05, 0.1) is 15.7 Å². The third kappa shape index (κ3) is 3.05. The van der Waals surface area contributed by atoms with E-state index in [0.29, 0.717) is 22.3 Å². The van der Waals surface area contributed by atoms with E-state index >= 15 is 0 Å². The van der Waals surface area contributed by atoms with E-state index in [4.69, 9.17) is 23.2 Å². The minimum atomic E-state index is 0.245. The van der Waals surface area contributed by atoms with Crippen molar-refractivity contribution in [1.29, 1.82) is 0 Å². The number of rotatable bonds is 3. The minimum absolute atomic E-state index is 0.245. The second-order valence-corrected chi connectivity index (χ2v) is 4.43. The predicted molar refractivity (Wildman–Crippen MR) is 71.9 cm³/mol. The third-order valence-corrected chi connectivity index (χ3v) is 2.97. The van der Waals surface area contributed by atoms with Gasteiger partial charge in [0.2, 0.25) is 0 Å². The summed E-state index contributed by atoms with van der Waals surface area (Å²) in [6, 6.07) is 12.4. The molecule has 0 fully saturated rings. The van der Waals surface area contributed by atoms with Gasteiger partial charge < -0.3 is 10.4 Å². The lowest BCUT2D eigenvalue weighted by Crippen LogP contribution is -2.00. The molecule has 0 spiro atoms. The Morgan fingerprint density at radius 2 is 1.65 bits per heavy atom. The van der Waals surface area contributed by atoms with Gasteiger partial charge in [-0.05, 0) is 29.8 Å². The van der Waals surface area contributed by atoms with Crippen LogP contribution in [0.1, 0.15) is 5.56 Å². The van der Waals surface area contributed by atoms with Gasteiger partial charge in [-0.2, -0.15) is 0 Å². The number of halogens is 2. The summed E-state index contributed by atoms with van der Waals surface area (Å²) < 4.78 is 0. The van der Waals surface area contributed by atoms with Crippen LogP contribution in [0.25, 0.3) is 0 Å². The van der Waals surface area contributed by atoms with Crippen LogP contribution >= 0.6 is 23.2 Å². The van der Waals surface area contributed by atoms with Gasteiger partial charge in [0.25, 0.3) is 0 Å². The maximum absolute atomic E-state index is 9.34. The molecule has 0 aliphatic carbocycles. The summed E-state index contributed by atoms with van der Waals surface area (Å²) in [5, 5.41) is 13.7. The Morgan fingerprint density at radius 3 is 2.29 bits per heavy atom. The van der Waals surface area contributed by atoms with Crippen molar-refractivity contribution in [2.75, 3.05) is 5.32 Å². The second kappa shape index (κ2) is 5.30. The molecule has 2 nitrogen and oxygen atoms in total. The number of para-hydroxylation sites is 1. The lowest BCUT2D eigenvalue weighted by molar-refractivity contribution is 0.474. The summed E-state index contributed by atoms with van der Waals surface area (Å²) in [4.78, 5) is 0. The van der Waals surface area contributed by atoms with Crippen LogP contribution in [0, 0.1) is 0 Å². The van der Waals surface area contributed by atoms with Crippen molar-refractivity contribution in [3.63, 3.8) is 0 Å². The molecule has 0 radical (unpaired) electrons. The van der Waals surface area contributed by atoms with Gasteiger partial charge in [0.15, 0.2) is 0 Å². The minimum Gasteiger partial charge on any atom is -0.508 e. The standard InChI is InChI=1S/C13H11Cl2NO/c14-11-5-2-6-12(15)13(11)16-8-9-3-1-4-10(17)7-9/h1-7,16-17H,8H2. The lowest BCUT2D eigenvalue weighted by Gasteiger charge is -2.10. The third-order valence-electron chi connectivity index (χ3n) is 2.34. The van der Waals surface area contributed by atoms with E-state index in [1.165, 1.54) is 0 Å². The van der Waals surface area contributed by atoms with E-state index in [1.807, 2.05) is 6.07 Å². The van der Waals surface area contributed by atoms with E-state index in [1.54, 1.807) is 36.4 Å². The first-order chi connectivity index (χ1) is 8.16. The van der Waals surface area contributed by atoms with Crippen molar-refractivity contribution in [3.05, 3.63) is 58.1 Å². The summed E-state index contributed by atoms with van der Waals surface area (Å²) >= 11 is 12.1. The molecule has 17 heavy (non-hydrogen) atoms. The average molecular weight is 268 g/mol. The molecule has 2 aromatic rings. The van der Waals surface area contributed by atoms with Gasteiger partial charge in [-0.3, -0.25) is 0 Å². The number of anilines is 1. The van der Waals surface area contributed by atoms with Crippen molar-refractivity contribution in [3.8, 4) is 5.75 Å². The molecule has 2 rings (SSSR count). The van der Waals surface area contributed by atoms with Crippen molar-refractivity contribution in [1.82, 2.24) is 0 Å². The Hall–Kier alpha value is -1.38. The Labute approximate surface area is 110 Å². The Morgan fingerprint density at radius 1 is 1.00 bits per heavy atom. The van der Waals surface area contributed by atoms with Crippen LogP contribution in [-0.4, -0.2) is 5.11 Å². The first-order valence-electron chi connectivity index (χ1n) is 5.12. The molecule has 0 aliphatic rings. The number of phenols is 1. The zero-order chi connectivity index (χ0) is 12.3. The van der Waals surface area contributed by atoms with Crippen LogP contribution in [0.15, 0.2) is 42.5 Å². The van der Waals surface area contributed by atoms with Crippen LogP contribution in [0.2, 0.25) is 10.0 Å². The maximum atomic E-state index is 9.34. The van der Waals surface area contributed by atoms with Gasteiger partial charge in [0.1, 0.15) is 5.75 Å². The van der Waals surface area contributed by atoms with Crippen LogP contribution in [0.5, 0.6) is 5.75 Å². The fourth-order valence-corrected chi connectivity index (χ4v) is 2.05. The molecule has 0 amide bonds. The zero-order valence-electron chi connectivity index (χ0n) is 8.95. The van der Waals surface area contributed by atoms with Crippen LogP contribution in [0.3, 0.4) is 0 Å². The summed E-state index contributed by atoms with van der Waals surface area (Å²) in [7, 11) is 0. The lowest BCUT2D eigenvalue weighted by atomic mass is 10.2. The molecule has 0 aromatic heterocycles. The summed E-state index contributed by atoms with van der Waals surface area (Å²) in [5.74, 6) is 0.245. The molecule has 0 saturated carbocycles. The number of benzene rings is 2. The second-order valence-electron chi connectivity index (χ2n) is 3.62. The Bertz CT molecular complexity index is 508. The predicted octanol–water partition coefficient (Wildman–Crippen LogP) is 4.31. The molecule has 0 heterocycles. The van der Waals surface area contributed by atoms with E-state index in [9.17, 15) is 5.11 Å². The van der Waals surface area contributed by atoms with Gasteiger partial charge in [0, 0.05) is 6.54 Å². The highest BCUT2D eigenvalue weighted by Gasteiger charge is 2.04. The number of phenolic OH excluding ortho intramolecular Hbond substituents is 1. The normalized spacial score (nSPS) is 10.2. The number of hydrogen-bond acceptors (Lipinski definition) is 2. The van der Waals surface area contributed by atoms with Gasteiger partial charge in [-0.25, -0.2) is 0 Å². The smallest absolute Gasteiger partial charge is 0.115 e. The Balaban J connectivity index is 2.13. The monoisotopic (exact) mass is 267 g/mol. The van der Waals surface area contributed by atoms with Crippen molar-refractivity contribution in [2.24, 2.45) is 0 Å². The number of hydrogen-bond donors (Lipinski definition) is 2. The maximum Gasteiger partial charge on any atom is 0.115 e. The molecule has 0 aliphatic heterocycles. The molecule has 0 bridgehead atoms. The molecule has 0 atom stereocenters. The summed E-state index contributed by atoms with van der Waals surface area (Å²) in [6.45, 7) is 0.553. The SMILES string of the molecule is Oc1cccc(CNc2c(Cl)cccc2Cl)c1. The van der Waals surface area contributed by atoms with Gasteiger partial charge in [-0.1, -0.05) is 41.4 Å². The zero-order valence-corrected chi connectivity index (χ0v) is 10.5. The molecule has 2 N–H and O–H groups in total. The van der Waals surface area contributed by atoms with E-state index < -0.39 is 0 Å².